The lowest BCUT2D eigenvalue weighted by molar-refractivity contribution is -0.113. The summed E-state index contributed by atoms with van der Waals surface area (Å²) in [4.78, 5) is 10.9. The number of hydrogen-bond acceptors (Lipinski definition) is 2. The highest BCUT2D eigenvalue weighted by Gasteiger charge is 2.09. The molecule has 0 unspecified atom stereocenters. The number of rotatable bonds is 3. The van der Waals surface area contributed by atoms with Crippen LogP contribution in [0.3, 0.4) is 0 Å². The number of carbonyl (C=O) groups excluding carboxylic acids is 1. The highest BCUT2D eigenvalue weighted by atomic mass is 16.5. The molecule has 2 nitrogen and oxygen atoms in total. The third kappa shape index (κ3) is 2.22. The lowest BCUT2D eigenvalue weighted by Crippen LogP contribution is -2.03. The molecule has 2 heteroatoms. The minimum atomic E-state index is 0.168. The summed E-state index contributed by atoms with van der Waals surface area (Å²) in [5.41, 5.74) is 0.901. The van der Waals surface area contributed by atoms with Crippen LogP contribution in [0.2, 0.25) is 0 Å². The van der Waals surface area contributed by atoms with Gasteiger partial charge in [0.25, 0.3) is 0 Å². The SMILES string of the molecule is CCOC1=CC=C(C(C)=O)CC1. The maximum absolute atomic E-state index is 10.9. The zero-order valence-electron chi connectivity index (χ0n) is 7.59. The fourth-order valence-corrected chi connectivity index (χ4v) is 1.22. The van der Waals surface area contributed by atoms with Gasteiger partial charge in [-0.25, -0.2) is 0 Å². The van der Waals surface area contributed by atoms with Crippen molar-refractivity contribution in [2.45, 2.75) is 26.7 Å². The average Bonchev–Trinajstić information content (AvgIpc) is 2.06. The van der Waals surface area contributed by atoms with Crippen LogP contribution in [0, 0.1) is 0 Å². The Kier molecular flexibility index (Phi) is 3.09. The quantitative estimate of drug-likeness (QED) is 0.642. The van der Waals surface area contributed by atoms with Crippen molar-refractivity contribution in [2.75, 3.05) is 6.61 Å². The molecule has 12 heavy (non-hydrogen) atoms. The molecule has 1 aliphatic rings. The van der Waals surface area contributed by atoms with Crippen molar-refractivity contribution < 1.29 is 9.53 Å². The van der Waals surface area contributed by atoms with Crippen molar-refractivity contribution in [1.29, 1.82) is 0 Å². The van der Waals surface area contributed by atoms with Crippen LogP contribution in [0.1, 0.15) is 26.7 Å². The Morgan fingerprint density at radius 1 is 1.50 bits per heavy atom. The van der Waals surface area contributed by atoms with Gasteiger partial charge < -0.3 is 4.74 Å². The molecule has 1 aliphatic carbocycles. The highest BCUT2D eigenvalue weighted by Crippen LogP contribution is 2.19. The van der Waals surface area contributed by atoms with E-state index in [4.69, 9.17) is 4.74 Å². The van der Waals surface area contributed by atoms with Gasteiger partial charge in [0.15, 0.2) is 5.78 Å². The number of Topliss-reactive ketones (excluding diaryl/α,β-unsaturated/α-hetero) is 1. The summed E-state index contributed by atoms with van der Waals surface area (Å²) >= 11 is 0. The third-order valence-electron chi connectivity index (χ3n) is 1.89. The van der Waals surface area contributed by atoms with Crippen molar-refractivity contribution in [3.05, 3.63) is 23.5 Å². The van der Waals surface area contributed by atoms with Crippen LogP contribution in [0.25, 0.3) is 0 Å². The van der Waals surface area contributed by atoms with E-state index in [1.807, 2.05) is 19.1 Å². The Morgan fingerprint density at radius 3 is 2.67 bits per heavy atom. The minimum Gasteiger partial charge on any atom is -0.498 e. The monoisotopic (exact) mass is 166 g/mol. The summed E-state index contributed by atoms with van der Waals surface area (Å²) in [6.45, 7) is 4.27. The molecule has 0 radical (unpaired) electrons. The van der Waals surface area contributed by atoms with Crippen LogP contribution >= 0.6 is 0 Å². The summed E-state index contributed by atoms with van der Waals surface area (Å²) in [7, 11) is 0. The molecule has 0 amide bonds. The molecule has 0 aromatic carbocycles. The highest BCUT2D eigenvalue weighted by molar-refractivity contribution is 5.93. The third-order valence-corrected chi connectivity index (χ3v) is 1.89. The molecule has 0 N–H and O–H groups in total. The molecule has 66 valence electrons. The van der Waals surface area contributed by atoms with E-state index in [0.717, 1.165) is 24.2 Å². The summed E-state index contributed by atoms with van der Waals surface area (Å²) in [5.74, 6) is 1.16. The normalized spacial score (nSPS) is 16.5. The van der Waals surface area contributed by atoms with Crippen LogP contribution in [0.15, 0.2) is 23.5 Å². The molecular formula is C10H14O2. The van der Waals surface area contributed by atoms with Crippen LogP contribution in [0.5, 0.6) is 0 Å². The molecule has 0 fully saturated rings. The molecule has 0 aliphatic heterocycles. The van der Waals surface area contributed by atoms with Crippen LogP contribution < -0.4 is 0 Å². The Balaban J connectivity index is 2.60. The molecule has 0 bridgehead atoms. The fraction of sp³-hybridized carbons (Fsp3) is 0.500. The van der Waals surface area contributed by atoms with Gasteiger partial charge in [0.05, 0.1) is 12.4 Å². The first-order valence-corrected chi connectivity index (χ1v) is 4.27. The zero-order valence-corrected chi connectivity index (χ0v) is 7.59. The molecule has 0 saturated heterocycles. The van der Waals surface area contributed by atoms with Gasteiger partial charge in [-0.2, -0.15) is 0 Å². The van der Waals surface area contributed by atoms with Gasteiger partial charge in [-0.15, -0.1) is 0 Å². The second-order valence-corrected chi connectivity index (χ2v) is 2.81. The van der Waals surface area contributed by atoms with E-state index in [1.54, 1.807) is 6.92 Å². The number of allylic oxidation sites excluding steroid dienone is 4. The number of hydrogen-bond donors (Lipinski definition) is 0. The minimum absolute atomic E-state index is 0.168. The van der Waals surface area contributed by atoms with Gasteiger partial charge in [0.2, 0.25) is 0 Å². The Morgan fingerprint density at radius 2 is 2.25 bits per heavy atom. The van der Waals surface area contributed by atoms with Gasteiger partial charge in [-0.05, 0) is 31.9 Å². The van der Waals surface area contributed by atoms with Gasteiger partial charge in [-0.1, -0.05) is 6.08 Å². The van der Waals surface area contributed by atoms with Crippen LogP contribution in [-0.4, -0.2) is 12.4 Å². The van der Waals surface area contributed by atoms with Gasteiger partial charge in [0, 0.05) is 6.42 Å². The van der Waals surface area contributed by atoms with E-state index >= 15 is 0 Å². The zero-order chi connectivity index (χ0) is 8.97. The van der Waals surface area contributed by atoms with E-state index < -0.39 is 0 Å². The van der Waals surface area contributed by atoms with Gasteiger partial charge in [-0.3, -0.25) is 4.79 Å². The lowest BCUT2D eigenvalue weighted by atomic mass is 10.0. The maximum Gasteiger partial charge on any atom is 0.155 e. The van der Waals surface area contributed by atoms with E-state index in [-0.39, 0.29) is 5.78 Å². The first-order chi connectivity index (χ1) is 5.74. The topological polar surface area (TPSA) is 26.3 Å². The predicted molar refractivity (Wildman–Crippen MR) is 47.7 cm³/mol. The molecule has 0 heterocycles. The van der Waals surface area contributed by atoms with E-state index in [2.05, 4.69) is 0 Å². The number of ketones is 1. The average molecular weight is 166 g/mol. The van der Waals surface area contributed by atoms with Gasteiger partial charge in [0.1, 0.15) is 0 Å². The predicted octanol–water partition coefficient (Wildman–Crippen LogP) is 2.22. The van der Waals surface area contributed by atoms with Crippen LogP contribution in [-0.2, 0) is 9.53 Å². The largest absolute Gasteiger partial charge is 0.498 e. The second kappa shape index (κ2) is 4.10. The van der Waals surface area contributed by atoms with Crippen LogP contribution in [0.4, 0.5) is 0 Å². The van der Waals surface area contributed by atoms with E-state index in [9.17, 15) is 4.79 Å². The van der Waals surface area contributed by atoms with E-state index in [0.29, 0.717) is 6.61 Å². The van der Waals surface area contributed by atoms with Crippen molar-refractivity contribution in [2.24, 2.45) is 0 Å². The molecule has 0 saturated carbocycles. The molecule has 0 aromatic rings. The maximum atomic E-state index is 10.9. The molecular weight excluding hydrogens is 152 g/mol. The van der Waals surface area contributed by atoms with Crippen molar-refractivity contribution in [3.63, 3.8) is 0 Å². The van der Waals surface area contributed by atoms with E-state index in [1.165, 1.54) is 0 Å². The standard InChI is InChI=1S/C10H14O2/c1-3-12-10-6-4-9(5-7-10)8(2)11/h4,6H,3,5,7H2,1-2H3. The first-order valence-electron chi connectivity index (χ1n) is 4.27. The smallest absolute Gasteiger partial charge is 0.155 e. The second-order valence-electron chi connectivity index (χ2n) is 2.81. The van der Waals surface area contributed by atoms with Gasteiger partial charge >= 0.3 is 0 Å². The fourth-order valence-electron chi connectivity index (χ4n) is 1.22. The molecule has 0 atom stereocenters. The molecule has 0 aromatic heterocycles. The van der Waals surface area contributed by atoms with Crippen molar-refractivity contribution in [1.82, 2.24) is 0 Å². The first kappa shape index (κ1) is 9.04. The number of carbonyl (C=O) groups is 1. The van der Waals surface area contributed by atoms with Crippen molar-refractivity contribution >= 4 is 5.78 Å². The summed E-state index contributed by atoms with van der Waals surface area (Å²) < 4.78 is 5.32. The lowest BCUT2D eigenvalue weighted by Gasteiger charge is -2.12. The summed E-state index contributed by atoms with van der Waals surface area (Å²) in [6.07, 6.45) is 5.43. The molecule has 1 rings (SSSR count). The Labute approximate surface area is 72.9 Å². The number of ether oxygens (including phenoxy) is 1. The molecule has 0 spiro atoms. The summed E-state index contributed by atoms with van der Waals surface area (Å²) in [5, 5.41) is 0. The van der Waals surface area contributed by atoms with Crippen molar-refractivity contribution in [3.8, 4) is 0 Å². The Hall–Kier alpha value is -1.05. The summed E-state index contributed by atoms with van der Waals surface area (Å²) in [6, 6.07) is 0. The Bertz CT molecular complexity index is 236.